The Morgan fingerprint density at radius 1 is 1.40 bits per heavy atom. The van der Waals surface area contributed by atoms with E-state index in [4.69, 9.17) is 5.84 Å². The number of anilines is 2. The maximum Gasteiger partial charge on any atom is 0.255 e. The van der Waals surface area contributed by atoms with Crippen LogP contribution in [0.2, 0.25) is 0 Å². The molecular weight excluding hydrogens is 256 g/mol. The van der Waals surface area contributed by atoms with Crippen LogP contribution < -0.4 is 16.6 Å². The van der Waals surface area contributed by atoms with Gasteiger partial charge in [0.25, 0.3) is 5.91 Å². The molecule has 2 rings (SSSR count). The van der Waals surface area contributed by atoms with Crippen molar-refractivity contribution in [3.8, 4) is 0 Å². The number of amides is 1. The fourth-order valence-electron chi connectivity index (χ4n) is 1.74. The van der Waals surface area contributed by atoms with Crippen LogP contribution in [-0.2, 0) is 7.05 Å². The van der Waals surface area contributed by atoms with E-state index in [1.807, 2.05) is 13.8 Å². The van der Waals surface area contributed by atoms with E-state index in [0.717, 1.165) is 5.69 Å². The third-order valence-corrected chi connectivity index (χ3v) is 2.81. The fraction of sp³-hybridized carbons (Fsp3) is 0.308. The molecule has 2 aromatic rings. The quantitative estimate of drug-likeness (QED) is 0.579. The van der Waals surface area contributed by atoms with Crippen LogP contribution in [0, 0.1) is 0 Å². The number of carbonyl (C=O) groups is 1. The van der Waals surface area contributed by atoms with E-state index in [2.05, 4.69) is 20.8 Å². The number of hydrogen-bond donors (Lipinski definition) is 3. The predicted octanol–water partition coefficient (Wildman–Crippen LogP) is 1.48. The number of hydrazine groups is 1. The van der Waals surface area contributed by atoms with E-state index in [0.29, 0.717) is 17.1 Å². The van der Waals surface area contributed by atoms with Gasteiger partial charge in [-0.25, -0.2) is 10.8 Å². The van der Waals surface area contributed by atoms with Gasteiger partial charge in [0.15, 0.2) is 0 Å². The molecule has 0 spiro atoms. The summed E-state index contributed by atoms with van der Waals surface area (Å²) in [7, 11) is 1.79. The molecule has 0 atom stereocenters. The van der Waals surface area contributed by atoms with Crippen LogP contribution in [-0.4, -0.2) is 20.7 Å². The predicted molar refractivity (Wildman–Crippen MR) is 77.3 cm³/mol. The molecule has 1 amide bonds. The summed E-state index contributed by atoms with van der Waals surface area (Å²) in [5.74, 6) is 5.83. The minimum absolute atomic E-state index is 0.202. The van der Waals surface area contributed by atoms with Gasteiger partial charge in [0.2, 0.25) is 0 Å². The molecule has 0 aliphatic rings. The minimum atomic E-state index is -0.223. The molecule has 0 bridgehead atoms. The van der Waals surface area contributed by atoms with Gasteiger partial charge in [0.05, 0.1) is 11.9 Å². The third-order valence-electron chi connectivity index (χ3n) is 2.81. The Bertz CT molecular complexity index is 619. The number of pyridine rings is 1. The highest BCUT2D eigenvalue weighted by Crippen LogP contribution is 2.18. The first-order valence-corrected chi connectivity index (χ1v) is 6.28. The summed E-state index contributed by atoms with van der Waals surface area (Å²) < 4.78 is 1.62. The summed E-state index contributed by atoms with van der Waals surface area (Å²) in [6, 6.07) is 3.37. The van der Waals surface area contributed by atoms with Gasteiger partial charge in [-0.3, -0.25) is 9.48 Å². The lowest BCUT2D eigenvalue weighted by atomic mass is 10.1. The molecule has 0 aliphatic heterocycles. The van der Waals surface area contributed by atoms with Crippen LogP contribution in [0.4, 0.5) is 11.5 Å². The van der Waals surface area contributed by atoms with Crippen molar-refractivity contribution in [2.24, 2.45) is 12.9 Å². The van der Waals surface area contributed by atoms with Crippen molar-refractivity contribution in [3.05, 3.63) is 35.8 Å². The van der Waals surface area contributed by atoms with Crippen molar-refractivity contribution in [3.63, 3.8) is 0 Å². The van der Waals surface area contributed by atoms with E-state index in [1.165, 1.54) is 0 Å². The molecule has 0 aromatic carbocycles. The Morgan fingerprint density at radius 3 is 2.70 bits per heavy atom. The number of rotatable bonds is 4. The number of aromatic nitrogens is 3. The number of hydrogen-bond acceptors (Lipinski definition) is 5. The zero-order valence-electron chi connectivity index (χ0n) is 11.7. The van der Waals surface area contributed by atoms with E-state index < -0.39 is 0 Å². The van der Waals surface area contributed by atoms with Crippen LogP contribution in [0.3, 0.4) is 0 Å². The van der Waals surface area contributed by atoms with Gasteiger partial charge < -0.3 is 10.7 Å². The lowest BCUT2D eigenvalue weighted by Gasteiger charge is -2.10. The molecule has 0 radical (unpaired) electrons. The lowest BCUT2D eigenvalue weighted by molar-refractivity contribution is 0.102. The van der Waals surface area contributed by atoms with E-state index in [9.17, 15) is 4.79 Å². The Balaban J connectivity index is 2.26. The van der Waals surface area contributed by atoms with Crippen molar-refractivity contribution in [2.75, 3.05) is 10.7 Å². The lowest BCUT2D eigenvalue weighted by Crippen LogP contribution is -2.15. The SMILES string of the molecule is CC(C)c1cc(C(=O)Nc2cnn(C)c2)cc(NN)n1. The van der Waals surface area contributed by atoms with E-state index >= 15 is 0 Å². The van der Waals surface area contributed by atoms with Crippen molar-refractivity contribution < 1.29 is 4.79 Å². The molecule has 106 valence electrons. The van der Waals surface area contributed by atoms with Gasteiger partial charge in [-0.1, -0.05) is 13.8 Å². The van der Waals surface area contributed by atoms with Gasteiger partial charge in [-0.2, -0.15) is 5.10 Å². The molecule has 0 saturated heterocycles. The standard InChI is InChI=1S/C13H18N6O/c1-8(2)11-4-9(5-12(17-11)18-14)13(20)16-10-6-15-19(3)7-10/h4-8H,14H2,1-3H3,(H,16,20)(H,17,18). The van der Waals surface area contributed by atoms with Gasteiger partial charge in [0.1, 0.15) is 5.82 Å². The Morgan fingerprint density at radius 2 is 2.15 bits per heavy atom. The molecule has 7 heteroatoms. The highest BCUT2D eigenvalue weighted by Gasteiger charge is 2.12. The van der Waals surface area contributed by atoms with Gasteiger partial charge in [-0.15, -0.1) is 0 Å². The second-order valence-electron chi connectivity index (χ2n) is 4.82. The van der Waals surface area contributed by atoms with Crippen LogP contribution in [0.1, 0.15) is 35.8 Å². The second-order valence-corrected chi connectivity index (χ2v) is 4.82. The largest absolute Gasteiger partial charge is 0.319 e. The number of nitrogens with zero attached hydrogens (tertiary/aromatic N) is 3. The first-order valence-electron chi connectivity index (χ1n) is 6.28. The number of nitrogen functional groups attached to an aromatic ring is 1. The van der Waals surface area contributed by atoms with Crippen molar-refractivity contribution in [2.45, 2.75) is 19.8 Å². The molecular formula is C13H18N6O. The monoisotopic (exact) mass is 274 g/mol. The first-order chi connectivity index (χ1) is 9.49. The smallest absolute Gasteiger partial charge is 0.255 e. The van der Waals surface area contributed by atoms with Crippen LogP contribution in [0.15, 0.2) is 24.5 Å². The zero-order chi connectivity index (χ0) is 14.7. The summed E-state index contributed by atoms with van der Waals surface area (Å²) in [6.07, 6.45) is 3.31. The summed E-state index contributed by atoms with van der Waals surface area (Å²) in [4.78, 5) is 16.5. The molecule has 2 heterocycles. The second kappa shape index (κ2) is 5.70. The Labute approximate surface area is 117 Å². The molecule has 0 aliphatic carbocycles. The molecule has 2 aromatic heterocycles. The molecule has 7 nitrogen and oxygen atoms in total. The Hall–Kier alpha value is -2.41. The van der Waals surface area contributed by atoms with Gasteiger partial charge >= 0.3 is 0 Å². The number of carbonyl (C=O) groups excluding carboxylic acids is 1. The van der Waals surface area contributed by atoms with Crippen LogP contribution in [0.5, 0.6) is 0 Å². The average molecular weight is 274 g/mol. The highest BCUT2D eigenvalue weighted by molar-refractivity contribution is 6.04. The normalized spacial score (nSPS) is 10.7. The summed E-state index contributed by atoms with van der Waals surface area (Å²) in [5.41, 5.74) is 4.42. The van der Waals surface area contributed by atoms with Crippen LogP contribution >= 0.6 is 0 Å². The minimum Gasteiger partial charge on any atom is -0.319 e. The first kappa shape index (κ1) is 14.0. The van der Waals surface area contributed by atoms with Crippen molar-refractivity contribution in [1.82, 2.24) is 14.8 Å². The maximum atomic E-state index is 12.2. The summed E-state index contributed by atoms with van der Waals surface area (Å²) >= 11 is 0. The number of aryl methyl sites for hydroxylation is 1. The Kier molecular flexibility index (Phi) is 3.99. The van der Waals surface area contributed by atoms with Gasteiger partial charge in [0, 0.05) is 24.5 Å². The van der Waals surface area contributed by atoms with Crippen molar-refractivity contribution >= 4 is 17.4 Å². The molecule has 0 fully saturated rings. The van der Waals surface area contributed by atoms with Crippen LogP contribution in [0.25, 0.3) is 0 Å². The molecule has 4 N–H and O–H groups in total. The average Bonchev–Trinajstić information content (AvgIpc) is 2.83. The third kappa shape index (κ3) is 3.12. The van der Waals surface area contributed by atoms with E-state index in [1.54, 1.807) is 36.3 Å². The molecule has 0 unspecified atom stereocenters. The highest BCUT2D eigenvalue weighted by atomic mass is 16.1. The summed E-state index contributed by atoms with van der Waals surface area (Å²) in [6.45, 7) is 4.01. The topological polar surface area (TPSA) is 97.9 Å². The summed E-state index contributed by atoms with van der Waals surface area (Å²) in [5, 5.41) is 6.78. The number of nitrogens with two attached hydrogens (primary N) is 1. The van der Waals surface area contributed by atoms with Gasteiger partial charge in [-0.05, 0) is 18.1 Å². The molecule has 0 saturated carbocycles. The zero-order valence-corrected chi connectivity index (χ0v) is 11.7. The van der Waals surface area contributed by atoms with E-state index in [-0.39, 0.29) is 11.8 Å². The number of nitrogens with one attached hydrogen (secondary N) is 2. The maximum absolute atomic E-state index is 12.2. The molecule has 20 heavy (non-hydrogen) atoms. The van der Waals surface area contributed by atoms with Crippen molar-refractivity contribution in [1.29, 1.82) is 0 Å². The fourth-order valence-corrected chi connectivity index (χ4v) is 1.74.